The van der Waals surface area contributed by atoms with Gasteiger partial charge in [-0.05, 0) is 56.1 Å². The average Bonchev–Trinajstić information content (AvgIpc) is 2.79. The molecule has 0 radical (unpaired) electrons. The van der Waals surface area contributed by atoms with Gasteiger partial charge in [-0.1, -0.05) is 0 Å². The maximum Gasteiger partial charge on any atom is 0.212 e. The first-order chi connectivity index (χ1) is 15.2. The van der Waals surface area contributed by atoms with E-state index in [2.05, 4.69) is 51.5 Å². The maximum atomic E-state index is 9.50. The average molecular weight is 424 g/mol. The minimum absolute atomic E-state index is 0.500. The number of aliphatic imine (C=N–C) groups is 1. The molecule has 1 aliphatic carbocycles. The van der Waals surface area contributed by atoms with Gasteiger partial charge in [-0.15, -0.1) is 0 Å². The SMILES string of the molecule is CF.COc1ccc(C2=CC(=C3CCC3)N3C=C(N4CCN[C@@H](C)C4)C=CC3=N2)cn1. The normalized spacial score (nSPS) is 22.5. The molecule has 4 heterocycles. The minimum atomic E-state index is 0.500. The van der Waals surface area contributed by atoms with E-state index >= 15 is 0 Å². The lowest BCUT2D eigenvalue weighted by atomic mass is 9.89. The number of amidine groups is 1. The van der Waals surface area contributed by atoms with Gasteiger partial charge in [0.1, 0.15) is 5.84 Å². The Morgan fingerprint density at radius 2 is 2.03 bits per heavy atom. The summed E-state index contributed by atoms with van der Waals surface area (Å²) in [4.78, 5) is 14.0. The van der Waals surface area contributed by atoms with Crippen molar-refractivity contribution in [2.75, 3.05) is 33.9 Å². The molecule has 2 fully saturated rings. The standard InChI is InChI=1S/C23H27N5O.CH3F/c1-16-14-27(11-10-24-16)19-7-8-22-26-20(18-6-9-23(29-2)25-13-18)12-21(28(22)15-19)17-4-3-5-17;1-2/h6-9,12-13,15-16,24H,3-5,10-11,14H2,1-2H3;1H3/t16-;/m0./s1. The number of fused-ring (bicyclic) bond motifs is 1. The molecule has 1 saturated carbocycles. The first kappa shape index (κ1) is 21.3. The summed E-state index contributed by atoms with van der Waals surface area (Å²) in [6, 6.07) is 4.42. The zero-order chi connectivity index (χ0) is 21.8. The molecule has 31 heavy (non-hydrogen) atoms. The van der Waals surface area contributed by atoms with Crippen LogP contribution in [0.2, 0.25) is 0 Å². The summed E-state index contributed by atoms with van der Waals surface area (Å²) in [7, 11) is 2.13. The van der Waals surface area contributed by atoms with Crippen LogP contribution in [0, 0.1) is 0 Å². The maximum absolute atomic E-state index is 9.50. The van der Waals surface area contributed by atoms with Crippen LogP contribution in [0.25, 0.3) is 5.70 Å². The number of aromatic nitrogens is 1. The van der Waals surface area contributed by atoms with E-state index in [1.54, 1.807) is 7.11 Å². The van der Waals surface area contributed by atoms with E-state index in [4.69, 9.17) is 9.73 Å². The van der Waals surface area contributed by atoms with Gasteiger partial charge in [-0.3, -0.25) is 9.29 Å². The number of halogens is 1. The largest absolute Gasteiger partial charge is 0.481 e. The lowest BCUT2D eigenvalue weighted by molar-refractivity contribution is 0.259. The van der Waals surface area contributed by atoms with Crippen LogP contribution < -0.4 is 10.1 Å². The molecule has 0 amide bonds. The lowest BCUT2D eigenvalue weighted by Gasteiger charge is -2.38. The molecule has 0 bridgehead atoms. The molecule has 4 aliphatic rings. The topological polar surface area (TPSA) is 53.0 Å². The summed E-state index contributed by atoms with van der Waals surface area (Å²) in [6.45, 7) is 5.33. The molecule has 5 rings (SSSR count). The van der Waals surface area contributed by atoms with Crippen LogP contribution in [-0.4, -0.2) is 60.6 Å². The van der Waals surface area contributed by atoms with Crippen molar-refractivity contribution in [1.29, 1.82) is 0 Å². The number of hydrogen-bond donors (Lipinski definition) is 1. The zero-order valence-electron chi connectivity index (χ0n) is 18.4. The van der Waals surface area contributed by atoms with Gasteiger partial charge < -0.3 is 15.0 Å². The van der Waals surface area contributed by atoms with E-state index in [0.29, 0.717) is 19.1 Å². The number of hydrogen-bond acceptors (Lipinski definition) is 6. The van der Waals surface area contributed by atoms with Crippen LogP contribution in [-0.2, 0) is 0 Å². The van der Waals surface area contributed by atoms with Gasteiger partial charge in [0.05, 0.1) is 25.7 Å². The molecule has 6 nitrogen and oxygen atoms in total. The number of nitrogens with zero attached hydrogens (tertiary/aromatic N) is 4. The highest BCUT2D eigenvalue weighted by atomic mass is 19.1. The van der Waals surface area contributed by atoms with Crippen LogP contribution >= 0.6 is 0 Å². The van der Waals surface area contributed by atoms with Crippen molar-refractivity contribution in [3.8, 4) is 5.88 Å². The van der Waals surface area contributed by atoms with Gasteiger partial charge in [-0.2, -0.15) is 0 Å². The number of methoxy groups -OCH3 is 1. The third-order valence-electron chi connectivity index (χ3n) is 5.97. The molecule has 1 saturated heterocycles. The minimum Gasteiger partial charge on any atom is -0.481 e. The molecular formula is C24H30FN5O. The fourth-order valence-electron chi connectivity index (χ4n) is 4.16. The van der Waals surface area contributed by atoms with Crippen molar-refractivity contribution in [3.05, 3.63) is 65.3 Å². The quantitative estimate of drug-likeness (QED) is 0.800. The van der Waals surface area contributed by atoms with Crippen LogP contribution in [0.1, 0.15) is 31.7 Å². The first-order valence-corrected chi connectivity index (χ1v) is 10.8. The monoisotopic (exact) mass is 423 g/mol. The number of nitrogens with one attached hydrogen (secondary N) is 1. The van der Waals surface area contributed by atoms with E-state index in [0.717, 1.165) is 36.7 Å². The van der Waals surface area contributed by atoms with Crippen LogP contribution in [0.4, 0.5) is 4.39 Å². The number of allylic oxidation sites excluding steroid dienone is 3. The second kappa shape index (κ2) is 9.47. The molecular weight excluding hydrogens is 393 g/mol. The molecule has 0 spiro atoms. The molecule has 1 N–H and O–H groups in total. The second-order valence-corrected chi connectivity index (χ2v) is 7.99. The number of piperazine rings is 1. The van der Waals surface area contributed by atoms with E-state index in [1.165, 1.54) is 36.2 Å². The van der Waals surface area contributed by atoms with E-state index in [1.807, 2.05) is 18.3 Å². The van der Waals surface area contributed by atoms with Crippen molar-refractivity contribution in [2.45, 2.75) is 32.2 Å². The van der Waals surface area contributed by atoms with Crippen molar-refractivity contribution in [1.82, 2.24) is 20.1 Å². The van der Waals surface area contributed by atoms with E-state index in [9.17, 15) is 4.39 Å². The Balaban J connectivity index is 0.00000112. The Kier molecular flexibility index (Phi) is 6.51. The number of ether oxygens (including phenoxy) is 1. The molecule has 164 valence electrons. The van der Waals surface area contributed by atoms with Gasteiger partial charge in [0, 0.05) is 55.4 Å². The number of rotatable bonds is 3. The molecule has 3 aliphatic heterocycles. The summed E-state index contributed by atoms with van der Waals surface area (Å²) in [6.07, 6.45) is 14.3. The predicted octanol–water partition coefficient (Wildman–Crippen LogP) is 3.87. The number of alkyl halides is 1. The lowest BCUT2D eigenvalue weighted by Crippen LogP contribution is -2.49. The molecule has 1 aromatic heterocycles. The molecule has 0 aromatic carbocycles. The summed E-state index contributed by atoms with van der Waals surface area (Å²) >= 11 is 0. The summed E-state index contributed by atoms with van der Waals surface area (Å²) < 4.78 is 14.7. The van der Waals surface area contributed by atoms with Crippen molar-refractivity contribution < 1.29 is 9.13 Å². The summed E-state index contributed by atoms with van der Waals surface area (Å²) in [5, 5.41) is 3.52. The smallest absolute Gasteiger partial charge is 0.212 e. The third kappa shape index (κ3) is 4.42. The molecule has 7 heteroatoms. The van der Waals surface area contributed by atoms with Gasteiger partial charge in [0.25, 0.3) is 0 Å². The Hall–Kier alpha value is -2.93. The molecule has 1 aromatic rings. The van der Waals surface area contributed by atoms with Crippen molar-refractivity contribution >= 4 is 11.5 Å². The Bertz CT molecular complexity index is 955. The highest BCUT2D eigenvalue weighted by molar-refractivity contribution is 6.02. The fourth-order valence-corrected chi connectivity index (χ4v) is 4.16. The van der Waals surface area contributed by atoms with Gasteiger partial charge >= 0.3 is 0 Å². The Morgan fingerprint density at radius 3 is 2.68 bits per heavy atom. The van der Waals surface area contributed by atoms with E-state index in [-0.39, 0.29) is 0 Å². The number of pyridine rings is 1. The highest BCUT2D eigenvalue weighted by Crippen LogP contribution is 2.37. The highest BCUT2D eigenvalue weighted by Gasteiger charge is 2.27. The molecule has 1 atom stereocenters. The van der Waals surface area contributed by atoms with Crippen LogP contribution in [0.3, 0.4) is 0 Å². The predicted molar refractivity (Wildman–Crippen MR) is 122 cm³/mol. The summed E-state index contributed by atoms with van der Waals surface area (Å²) in [5.41, 5.74) is 6.01. The zero-order valence-corrected chi connectivity index (χ0v) is 18.4. The van der Waals surface area contributed by atoms with Gasteiger partial charge in [0.15, 0.2) is 0 Å². The fraction of sp³-hybridized carbons (Fsp3) is 0.417. The van der Waals surface area contributed by atoms with Crippen molar-refractivity contribution in [2.24, 2.45) is 4.99 Å². The Labute approximate surface area is 183 Å². The van der Waals surface area contributed by atoms with E-state index < -0.39 is 0 Å². The van der Waals surface area contributed by atoms with Gasteiger partial charge in [-0.25, -0.2) is 9.98 Å². The third-order valence-corrected chi connectivity index (χ3v) is 5.97. The first-order valence-electron chi connectivity index (χ1n) is 10.8. The van der Waals surface area contributed by atoms with Crippen molar-refractivity contribution in [3.63, 3.8) is 0 Å². The summed E-state index contributed by atoms with van der Waals surface area (Å²) in [5.74, 6) is 1.59. The van der Waals surface area contributed by atoms with Gasteiger partial charge in [0.2, 0.25) is 5.88 Å². The van der Waals surface area contributed by atoms with Crippen LogP contribution in [0.5, 0.6) is 5.88 Å². The van der Waals surface area contributed by atoms with Crippen LogP contribution in [0.15, 0.2) is 64.7 Å². The Morgan fingerprint density at radius 1 is 1.19 bits per heavy atom. The molecule has 0 unspecified atom stereocenters. The second-order valence-electron chi connectivity index (χ2n) is 7.99.